The minimum absolute atomic E-state index is 0.178. The summed E-state index contributed by atoms with van der Waals surface area (Å²) in [6.07, 6.45) is 1.52. The first kappa shape index (κ1) is 11.5. The van der Waals surface area contributed by atoms with Gasteiger partial charge in [-0.3, -0.25) is 0 Å². The zero-order valence-corrected chi connectivity index (χ0v) is 10.3. The van der Waals surface area contributed by atoms with E-state index in [1.54, 1.807) is 0 Å². The van der Waals surface area contributed by atoms with E-state index < -0.39 is 0 Å². The molecule has 4 nitrogen and oxygen atoms in total. The highest BCUT2D eigenvalue weighted by Gasteiger charge is 2.06. The molecule has 0 radical (unpaired) electrons. The number of aryl methyl sites for hydroxylation is 2. The molecular formula is C13H16N4. The maximum Gasteiger partial charge on any atom is 0.226 e. The Bertz CT molecular complexity index is 493. The van der Waals surface area contributed by atoms with Crippen molar-refractivity contribution >= 4 is 5.95 Å². The van der Waals surface area contributed by atoms with Gasteiger partial charge in [-0.2, -0.15) is 4.98 Å². The standard InChI is InChI=1S/C13H16N4/c1-9-4-6-12(7-5-9)10(2)16-13-15-8-14-11(3)17-13/h4-8,10H,1-3H3,(H,14,15,16,17). The molecule has 1 unspecified atom stereocenters. The van der Waals surface area contributed by atoms with Crippen molar-refractivity contribution in [3.05, 3.63) is 47.5 Å². The monoisotopic (exact) mass is 228 g/mol. The van der Waals surface area contributed by atoms with Gasteiger partial charge < -0.3 is 5.32 Å². The molecule has 88 valence electrons. The summed E-state index contributed by atoms with van der Waals surface area (Å²) < 4.78 is 0. The van der Waals surface area contributed by atoms with Crippen LogP contribution in [0.1, 0.15) is 29.9 Å². The lowest BCUT2D eigenvalue weighted by Crippen LogP contribution is -2.10. The van der Waals surface area contributed by atoms with E-state index in [9.17, 15) is 0 Å². The van der Waals surface area contributed by atoms with Crippen molar-refractivity contribution < 1.29 is 0 Å². The van der Waals surface area contributed by atoms with Gasteiger partial charge in [0.15, 0.2) is 0 Å². The molecule has 1 N–H and O–H groups in total. The topological polar surface area (TPSA) is 50.7 Å². The summed E-state index contributed by atoms with van der Waals surface area (Å²) in [6, 6.07) is 8.61. The molecule has 0 saturated carbocycles. The van der Waals surface area contributed by atoms with Crippen molar-refractivity contribution in [2.75, 3.05) is 5.32 Å². The minimum atomic E-state index is 0.178. The second kappa shape index (κ2) is 4.91. The molecular weight excluding hydrogens is 212 g/mol. The summed E-state index contributed by atoms with van der Waals surface area (Å²) >= 11 is 0. The van der Waals surface area contributed by atoms with E-state index in [1.165, 1.54) is 17.5 Å². The van der Waals surface area contributed by atoms with Crippen LogP contribution in [0.2, 0.25) is 0 Å². The largest absolute Gasteiger partial charge is 0.348 e. The zero-order chi connectivity index (χ0) is 12.3. The Morgan fingerprint density at radius 2 is 1.76 bits per heavy atom. The lowest BCUT2D eigenvalue weighted by molar-refractivity contribution is 0.844. The predicted molar refractivity (Wildman–Crippen MR) is 67.8 cm³/mol. The van der Waals surface area contributed by atoms with Crippen LogP contribution in [-0.2, 0) is 0 Å². The predicted octanol–water partition coefficient (Wildman–Crippen LogP) is 2.66. The van der Waals surface area contributed by atoms with Crippen molar-refractivity contribution in [3.8, 4) is 0 Å². The summed E-state index contributed by atoms with van der Waals surface area (Å²) in [5.74, 6) is 1.34. The van der Waals surface area contributed by atoms with Crippen LogP contribution in [0.4, 0.5) is 5.95 Å². The molecule has 0 fully saturated rings. The van der Waals surface area contributed by atoms with Gasteiger partial charge >= 0.3 is 0 Å². The molecule has 0 saturated heterocycles. The molecule has 0 bridgehead atoms. The molecule has 1 heterocycles. The van der Waals surface area contributed by atoms with E-state index in [2.05, 4.69) is 58.4 Å². The fourth-order valence-corrected chi connectivity index (χ4v) is 1.58. The van der Waals surface area contributed by atoms with Gasteiger partial charge in [-0.15, -0.1) is 0 Å². The van der Waals surface area contributed by atoms with Crippen LogP contribution in [0.25, 0.3) is 0 Å². The Labute approximate surface area is 101 Å². The van der Waals surface area contributed by atoms with E-state index in [1.807, 2.05) is 6.92 Å². The smallest absolute Gasteiger partial charge is 0.226 e. The molecule has 0 spiro atoms. The Hall–Kier alpha value is -1.97. The van der Waals surface area contributed by atoms with E-state index in [0.717, 1.165) is 5.82 Å². The van der Waals surface area contributed by atoms with Gasteiger partial charge in [-0.25, -0.2) is 9.97 Å². The first-order chi connectivity index (χ1) is 8.15. The summed E-state index contributed by atoms with van der Waals surface area (Å²) in [5, 5.41) is 3.26. The van der Waals surface area contributed by atoms with E-state index in [-0.39, 0.29) is 6.04 Å². The number of hydrogen-bond acceptors (Lipinski definition) is 4. The van der Waals surface area contributed by atoms with Gasteiger partial charge in [0.2, 0.25) is 5.95 Å². The van der Waals surface area contributed by atoms with Crippen molar-refractivity contribution in [2.45, 2.75) is 26.8 Å². The molecule has 2 rings (SSSR count). The average Bonchev–Trinajstić information content (AvgIpc) is 2.29. The number of nitrogens with one attached hydrogen (secondary N) is 1. The highest BCUT2D eigenvalue weighted by Crippen LogP contribution is 2.16. The van der Waals surface area contributed by atoms with Crippen LogP contribution in [0.3, 0.4) is 0 Å². The quantitative estimate of drug-likeness (QED) is 0.877. The Balaban J connectivity index is 2.11. The molecule has 1 aromatic heterocycles. The highest BCUT2D eigenvalue weighted by molar-refractivity contribution is 5.32. The number of benzene rings is 1. The molecule has 2 aromatic rings. The lowest BCUT2D eigenvalue weighted by Gasteiger charge is -2.14. The molecule has 0 aliphatic rings. The van der Waals surface area contributed by atoms with Gasteiger partial charge in [-0.05, 0) is 26.3 Å². The third kappa shape index (κ3) is 3.00. The number of rotatable bonds is 3. The van der Waals surface area contributed by atoms with Crippen molar-refractivity contribution in [3.63, 3.8) is 0 Å². The number of anilines is 1. The fourth-order valence-electron chi connectivity index (χ4n) is 1.58. The molecule has 1 aromatic carbocycles. The Kier molecular flexibility index (Phi) is 3.32. The van der Waals surface area contributed by atoms with E-state index in [0.29, 0.717) is 5.95 Å². The summed E-state index contributed by atoms with van der Waals surface area (Å²) in [7, 11) is 0. The Morgan fingerprint density at radius 1 is 1.06 bits per heavy atom. The summed E-state index contributed by atoms with van der Waals surface area (Å²) in [6.45, 7) is 6.02. The van der Waals surface area contributed by atoms with Crippen LogP contribution in [-0.4, -0.2) is 15.0 Å². The van der Waals surface area contributed by atoms with Gasteiger partial charge in [0.1, 0.15) is 12.2 Å². The summed E-state index contributed by atoms with van der Waals surface area (Å²) in [5.41, 5.74) is 2.48. The number of nitrogens with zero attached hydrogens (tertiary/aromatic N) is 3. The first-order valence-electron chi connectivity index (χ1n) is 5.64. The highest BCUT2D eigenvalue weighted by atomic mass is 15.1. The van der Waals surface area contributed by atoms with Crippen LogP contribution < -0.4 is 5.32 Å². The van der Waals surface area contributed by atoms with Crippen LogP contribution >= 0.6 is 0 Å². The Morgan fingerprint density at radius 3 is 2.41 bits per heavy atom. The maximum absolute atomic E-state index is 4.22. The molecule has 1 atom stereocenters. The molecule has 0 aliphatic carbocycles. The van der Waals surface area contributed by atoms with Crippen molar-refractivity contribution in [1.29, 1.82) is 0 Å². The van der Waals surface area contributed by atoms with Crippen LogP contribution in [0, 0.1) is 13.8 Å². The van der Waals surface area contributed by atoms with E-state index >= 15 is 0 Å². The van der Waals surface area contributed by atoms with Gasteiger partial charge in [0.05, 0.1) is 6.04 Å². The average molecular weight is 228 g/mol. The molecule has 17 heavy (non-hydrogen) atoms. The minimum Gasteiger partial charge on any atom is -0.348 e. The second-order valence-corrected chi connectivity index (χ2v) is 4.13. The molecule has 0 amide bonds. The second-order valence-electron chi connectivity index (χ2n) is 4.13. The maximum atomic E-state index is 4.22. The number of aromatic nitrogens is 3. The third-order valence-corrected chi connectivity index (χ3v) is 2.62. The zero-order valence-electron chi connectivity index (χ0n) is 10.3. The molecule has 4 heteroatoms. The van der Waals surface area contributed by atoms with Crippen LogP contribution in [0.5, 0.6) is 0 Å². The first-order valence-corrected chi connectivity index (χ1v) is 5.64. The lowest BCUT2D eigenvalue weighted by atomic mass is 10.1. The van der Waals surface area contributed by atoms with Gasteiger partial charge in [0, 0.05) is 0 Å². The van der Waals surface area contributed by atoms with E-state index in [4.69, 9.17) is 0 Å². The SMILES string of the molecule is Cc1ccc(C(C)Nc2ncnc(C)n2)cc1. The molecule has 0 aliphatic heterocycles. The third-order valence-electron chi connectivity index (χ3n) is 2.62. The van der Waals surface area contributed by atoms with Crippen molar-refractivity contribution in [2.24, 2.45) is 0 Å². The summed E-state index contributed by atoms with van der Waals surface area (Å²) in [4.78, 5) is 12.3. The fraction of sp³-hybridized carbons (Fsp3) is 0.308. The number of hydrogen-bond donors (Lipinski definition) is 1. The van der Waals surface area contributed by atoms with Crippen LogP contribution in [0.15, 0.2) is 30.6 Å². The van der Waals surface area contributed by atoms with Gasteiger partial charge in [-0.1, -0.05) is 29.8 Å². The van der Waals surface area contributed by atoms with Gasteiger partial charge in [0.25, 0.3) is 0 Å². The van der Waals surface area contributed by atoms with Crippen molar-refractivity contribution in [1.82, 2.24) is 15.0 Å². The normalized spacial score (nSPS) is 12.2.